The van der Waals surface area contributed by atoms with Gasteiger partial charge in [-0.05, 0) is 80.0 Å². The Bertz CT molecular complexity index is 274. The van der Waals surface area contributed by atoms with Crippen molar-refractivity contribution < 1.29 is 4.39 Å². The van der Waals surface area contributed by atoms with Gasteiger partial charge in [0, 0.05) is 0 Å². The molecule has 7 aliphatic rings. The minimum atomic E-state index is -0.701. The van der Waals surface area contributed by atoms with Crippen LogP contribution in [0.3, 0.4) is 0 Å². The van der Waals surface area contributed by atoms with Gasteiger partial charge in [-0.3, -0.25) is 0 Å². The normalized spacial score (nSPS) is 73.0. The van der Waals surface area contributed by atoms with Gasteiger partial charge in [0.2, 0.25) is 0 Å². The van der Waals surface area contributed by atoms with Gasteiger partial charge in [0.05, 0.1) is 0 Å². The fourth-order valence-corrected chi connectivity index (χ4v) is 6.82. The van der Waals surface area contributed by atoms with Crippen molar-refractivity contribution in [3.63, 3.8) is 0 Å². The zero-order chi connectivity index (χ0) is 9.78. The molecule has 0 aromatic carbocycles. The van der Waals surface area contributed by atoms with Crippen LogP contribution in [0, 0.1) is 41.4 Å². The van der Waals surface area contributed by atoms with Crippen molar-refractivity contribution in [1.82, 2.24) is 0 Å². The molecule has 0 aromatic rings. The molecule has 0 spiro atoms. The summed E-state index contributed by atoms with van der Waals surface area (Å²) < 4.78 is 14.6. The molecule has 0 radical (unpaired) electrons. The summed E-state index contributed by atoms with van der Waals surface area (Å²) in [6.45, 7) is 0. The van der Waals surface area contributed by atoms with E-state index in [-0.39, 0.29) is 0 Å². The number of hydrogen-bond donors (Lipinski definition) is 0. The molecule has 0 atom stereocenters. The van der Waals surface area contributed by atoms with Crippen LogP contribution in [0.25, 0.3) is 0 Å². The first-order valence-corrected chi connectivity index (χ1v) is 6.92. The summed E-state index contributed by atoms with van der Waals surface area (Å²) in [5.74, 6) is 6.41. The van der Waals surface area contributed by atoms with Crippen molar-refractivity contribution in [1.29, 1.82) is 0 Å². The lowest BCUT2D eigenvalue weighted by Gasteiger charge is -2.70. The second-order valence-electron chi connectivity index (χ2n) is 7.32. The van der Waals surface area contributed by atoms with E-state index in [0.29, 0.717) is 0 Å². The van der Waals surface area contributed by atoms with Crippen molar-refractivity contribution in [3.8, 4) is 0 Å². The zero-order valence-electron chi connectivity index (χ0n) is 9.16. The number of hydrogen-bond acceptors (Lipinski definition) is 0. The zero-order valence-corrected chi connectivity index (χ0v) is 9.16. The maximum absolute atomic E-state index is 14.6. The first kappa shape index (κ1) is 8.08. The van der Waals surface area contributed by atoms with Crippen LogP contribution in [0.2, 0.25) is 0 Å². The van der Waals surface area contributed by atoms with E-state index in [0.717, 1.165) is 60.7 Å². The van der Waals surface area contributed by atoms with Crippen LogP contribution < -0.4 is 0 Å². The first-order valence-electron chi connectivity index (χ1n) is 6.92. The highest BCUT2D eigenvalue weighted by atomic mass is 19.1. The van der Waals surface area contributed by atoms with Gasteiger partial charge in [0.15, 0.2) is 0 Å². The van der Waals surface area contributed by atoms with Crippen molar-refractivity contribution >= 4 is 0 Å². The van der Waals surface area contributed by atoms with E-state index in [1.165, 1.54) is 19.3 Å². The van der Waals surface area contributed by atoms with Gasteiger partial charge in [-0.25, -0.2) is 4.39 Å². The topological polar surface area (TPSA) is 0 Å². The van der Waals surface area contributed by atoms with Gasteiger partial charge in [-0.15, -0.1) is 0 Å². The predicted octanol–water partition coefficient (Wildman–Crippen LogP) is 3.42. The third-order valence-electron chi connectivity index (χ3n) is 6.92. The highest BCUT2D eigenvalue weighted by Gasteiger charge is 2.67. The summed E-state index contributed by atoms with van der Waals surface area (Å²) in [5.41, 5.74) is -0.701. The van der Waals surface area contributed by atoms with Crippen LogP contribution in [0.15, 0.2) is 0 Å². The van der Waals surface area contributed by atoms with Crippen molar-refractivity contribution in [2.24, 2.45) is 41.4 Å². The summed E-state index contributed by atoms with van der Waals surface area (Å²) in [4.78, 5) is 0. The maximum atomic E-state index is 14.6. The Morgan fingerprint density at radius 3 is 1.47 bits per heavy atom. The lowest BCUT2D eigenvalue weighted by Crippen LogP contribution is -2.66. The lowest BCUT2D eigenvalue weighted by molar-refractivity contribution is -0.235. The molecule has 0 unspecified atom stereocenters. The highest BCUT2D eigenvalue weighted by molar-refractivity contribution is 5.16. The summed E-state index contributed by atoms with van der Waals surface area (Å²) in [6.07, 6.45) is 7.29. The molecule has 8 bridgehead atoms. The van der Waals surface area contributed by atoms with Crippen molar-refractivity contribution in [3.05, 3.63) is 0 Å². The Morgan fingerprint density at radius 1 is 0.667 bits per heavy atom. The molecule has 82 valence electrons. The van der Waals surface area contributed by atoms with Gasteiger partial charge >= 0.3 is 0 Å². The Balaban J connectivity index is 1.69. The van der Waals surface area contributed by atoms with E-state index in [4.69, 9.17) is 0 Å². The maximum Gasteiger partial charge on any atom is 0.112 e. The smallest absolute Gasteiger partial charge is 0.112 e. The van der Waals surface area contributed by atoms with E-state index in [2.05, 4.69) is 0 Å². The molecule has 7 rings (SSSR count). The van der Waals surface area contributed by atoms with E-state index >= 15 is 0 Å². The van der Waals surface area contributed by atoms with E-state index < -0.39 is 5.67 Å². The predicted molar refractivity (Wildman–Crippen MR) is 56.0 cm³/mol. The number of halogens is 1. The third-order valence-corrected chi connectivity index (χ3v) is 6.92. The fraction of sp³-hybridized carbons (Fsp3) is 1.00. The molecule has 7 aliphatic carbocycles. The van der Waals surface area contributed by atoms with E-state index in [1.54, 1.807) is 0 Å². The third kappa shape index (κ3) is 0.764. The molecule has 0 heterocycles. The van der Waals surface area contributed by atoms with Crippen LogP contribution in [-0.2, 0) is 0 Å². The summed E-state index contributed by atoms with van der Waals surface area (Å²) in [5, 5.41) is 0. The van der Waals surface area contributed by atoms with Gasteiger partial charge in [-0.1, -0.05) is 0 Å². The second kappa shape index (κ2) is 2.15. The van der Waals surface area contributed by atoms with E-state index in [9.17, 15) is 4.39 Å². The van der Waals surface area contributed by atoms with Crippen LogP contribution >= 0.6 is 0 Å². The quantitative estimate of drug-likeness (QED) is 0.569. The van der Waals surface area contributed by atoms with Gasteiger partial charge < -0.3 is 0 Å². The van der Waals surface area contributed by atoms with Crippen LogP contribution in [0.1, 0.15) is 38.5 Å². The SMILES string of the molecule is FC12CC3C4CC5CC3C(C1)C(C5)C4C2. The van der Waals surface area contributed by atoms with Crippen LogP contribution in [0.5, 0.6) is 0 Å². The monoisotopic (exact) mass is 206 g/mol. The molecule has 0 aromatic heterocycles. The summed E-state index contributed by atoms with van der Waals surface area (Å²) in [6, 6.07) is 0. The Hall–Kier alpha value is -0.0700. The van der Waals surface area contributed by atoms with Crippen molar-refractivity contribution in [2.45, 2.75) is 44.2 Å². The number of alkyl halides is 1. The highest BCUT2D eigenvalue weighted by Crippen LogP contribution is 2.72. The summed E-state index contributed by atoms with van der Waals surface area (Å²) in [7, 11) is 0. The lowest BCUT2D eigenvalue weighted by atomic mass is 9.35. The first-order chi connectivity index (χ1) is 7.23. The molecule has 15 heavy (non-hydrogen) atoms. The Kier molecular flexibility index (Phi) is 1.16. The minimum absolute atomic E-state index is 0.701. The molecule has 7 fully saturated rings. The van der Waals surface area contributed by atoms with E-state index in [1.807, 2.05) is 0 Å². The van der Waals surface area contributed by atoms with Gasteiger partial charge in [-0.2, -0.15) is 0 Å². The second-order valence-corrected chi connectivity index (χ2v) is 7.32. The molecule has 1 heteroatoms. The molecule has 0 aliphatic heterocycles. The minimum Gasteiger partial charge on any atom is -0.244 e. The Labute approximate surface area is 90.6 Å². The van der Waals surface area contributed by atoms with Crippen LogP contribution in [-0.4, -0.2) is 5.67 Å². The van der Waals surface area contributed by atoms with Gasteiger partial charge in [0.1, 0.15) is 5.67 Å². The molecule has 7 saturated carbocycles. The van der Waals surface area contributed by atoms with Crippen LogP contribution in [0.4, 0.5) is 4.39 Å². The molecule has 0 N–H and O–H groups in total. The van der Waals surface area contributed by atoms with Gasteiger partial charge in [0.25, 0.3) is 0 Å². The summed E-state index contributed by atoms with van der Waals surface area (Å²) >= 11 is 0. The molecular weight excluding hydrogens is 187 g/mol. The standard InChI is InChI=1S/C14H19F/c15-14-4-11-8-1-7-2-9(11)13(6-14)10(3-7)12(8)5-14/h7-13H,1-6H2. The fourth-order valence-electron chi connectivity index (χ4n) is 6.82. The average Bonchev–Trinajstić information content (AvgIpc) is 2.23. The Morgan fingerprint density at radius 2 is 1.07 bits per heavy atom. The molecule has 0 saturated heterocycles. The molecular formula is C14H19F. The largest absolute Gasteiger partial charge is 0.244 e. The molecule has 0 nitrogen and oxygen atoms in total. The van der Waals surface area contributed by atoms with Crippen molar-refractivity contribution in [2.75, 3.05) is 0 Å². The number of rotatable bonds is 0. The molecule has 0 amide bonds. The average molecular weight is 206 g/mol.